The van der Waals surface area contributed by atoms with Crippen molar-refractivity contribution in [3.8, 4) is 6.07 Å². The van der Waals surface area contributed by atoms with Gasteiger partial charge in [-0.1, -0.05) is 11.6 Å². The fraction of sp³-hybridized carbons (Fsp3) is 0.250. The van der Waals surface area contributed by atoms with Crippen LogP contribution in [-0.2, 0) is 6.42 Å². The number of halogens is 4. The van der Waals surface area contributed by atoms with Gasteiger partial charge in [0.15, 0.2) is 0 Å². The highest BCUT2D eigenvalue weighted by Gasteiger charge is 2.14. The Balaban J connectivity index is 3.22. The van der Waals surface area contributed by atoms with E-state index in [9.17, 15) is 8.78 Å². The third kappa shape index (κ3) is 2.40. The summed E-state index contributed by atoms with van der Waals surface area (Å²) < 4.78 is 25.0. The summed E-state index contributed by atoms with van der Waals surface area (Å²) in [7, 11) is 0. The van der Waals surface area contributed by atoms with E-state index < -0.39 is 12.1 Å². The molecule has 0 aliphatic heterocycles. The number of alkyl halides is 2. The zero-order chi connectivity index (χ0) is 10.7. The van der Waals surface area contributed by atoms with Gasteiger partial charge < -0.3 is 0 Å². The number of nitrogens with zero attached hydrogens (tertiary/aromatic N) is 2. The summed E-state index contributed by atoms with van der Waals surface area (Å²) in [5.41, 5.74) is 0.00579. The molecule has 0 N–H and O–H groups in total. The highest BCUT2D eigenvalue weighted by atomic mass is 79.9. The maximum Gasteiger partial charge on any atom is 0.280 e. The third-order valence-corrected chi connectivity index (χ3v) is 2.89. The van der Waals surface area contributed by atoms with Gasteiger partial charge in [-0.05, 0) is 27.6 Å². The molecule has 0 fully saturated rings. The van der Waals surface area contributed by atoms with Gasteiger partial charge in [-0.3, -0.25) is 0 Å². The molecule has 0 aliphatic carbocycles. The Hall–Kier alpha value is -0.730. The van der Waals surface area contributed by atoms with Gasteiger partial charge in [-0.2, -0.15) is 5.26 Å². The maximum absolute atomic E-state index is 12.3. The van der Waals surface area contributed by atoms with E-state index in [2.05, 4.69) is 20.9 Å². The fourth-order valence-electron chi connectivity index (χ4n) is 0.895. The standard InChI is InChI=1S/C8H4BrClF2N2/c9-6-4(1-2-13)3-5(8(11)12)14-7(6)10/h3,8H,1H2. The first-order chi connectivity index (χ1) is 6.56. The number of hydrogen-bond acceptors (Lipinski definition) is 2. The molecule has 0 unspecified atom stereocenters. The first kappa shape index (κ1) is 11.3. The maximum atomic E-state index is 12.3. The van der Waals surface area contributed by atoms with Crippen LogP contribution in [0.25, 0.3) is 0 Å². The van der Waals surface area contributed by atoms with Gasteiger partial charge in [-0.25, -0.2) is 13.8 Å². The summed E-state index contributed by atoms with van der Waals surface area (Å²) in [6.07, 6.45) is -2.67. The van der Waals surface area contributed by atoms with Gasteiger partial charge in [0, 0.05) is 0 Å². The summed E-state index contributed by atoms with van der Waals surface area (Å²) in [5.74, 6) is 0. The van der Waals surface area contributed by atoms with Gasteiger partial charge in [0.2, 0.25) is 0 Å². The molecule has 0 aromatic carbocycles. The van der Waals surface area contributed by atoms with Crippen molar-refractivity contribution in [2.24, 2.45) is 0 Å². The van der Waals surface area contributed by atoms with Gasteiger partial charge in [0.1, 0.15) is 10.8 Å². The van der Waals surface area contributed by atoms with E-state index in [4.69, 9.17) is 16.9 Å². The van der Waals surface area contributed by atoms with E-state index in [0.29, 0.717) is 10.0 Å². The Morgan fingerprint density at radius 1 is 1.64 bits per heavy atom. The second-order valence-electron chi connectivity index (χ2n) is 2.45. The predicted molar refractivity (Wildman–Crippen MR) is 51.2 cm³/mol. The zero-order valence-electron chi connectivity index (χ0n) is 6.77. The molecule has 14 heavy (non-hydrogen) atoms. The largest absolute Gasteiger partial charge is 0.280 e. The normalized spacial score (nSPS) is 10.3. The molecule has 0 amide bonds. The van der Waals surface area contributed by atoms with Crippen LogP contribution in [0.1, 0.15) is 17.7 Å². The highest BCUT2D eigenvalue weighted by Crippen LogP contribution is 2.29. The smallest absolute Gasteiger partial charge is 0.234 e. The molecule has 1 aromatic heterocycles. The van der Waals surface area contributed by atoms with Crippen LogP contribution in [-0.4, -0.2) is 4.98 Å². The molecule has 0 aliphatic rings. The van der Waals surface area contributed by atoms with Crippen molar-refractivity contribution in [3.63, 3.8) is 0 Å². The number of nitriles is 1. The van der Waals surface area contributed by atoms with Crippen LogP contribution in [0.15, 0.2) is 10.5 Å². The molecular weight excluding hydrogens is 277 g/mol. The molecule has 0 spiro atoms. The van der Waals surface area contributed by atoms with E-state index in [1.54, 1.807) is 0 Å². The lowest BCUT2D eigenvalue weighted by atomic mass is 10.2. The van der Waals surface area contributed by atoms with E-state index in [0.717, 1.165) is 0 Å². The summed E-state index contributed by atoms with van der Waals surface area (Å²) in [6.45, 7) is 0. The lowest BCUT2D eigenvalue weighted by Gasteiger charge is -2.05. The van der Waals surface area contributed by atoms with Crippen molar-refractivity contribution in [2.75, 3.05) is 0 Å². The monoisotopic (exact) mass is 280 g/mol. The predicted octanol–water partition coefficient (Wildman–Crippen LogP) is 3.50. The Morgan fingerprint density at radius 3 is 2.79 bits per heavy atom. The molecular formula is C8H4BrClF2N2. The molecule has 0 bridgehead atoms. The lowest BCUT2D eigenvalue weighted by Crippen LogP contribution is -1.96. The topological polar surface area (TPSA) is 36.7 Å². The molecule has 0 saturated heterocycles. The Kier molecular flexibility index (Phi) is 3.78. The summed E-state index contributed by atoms with van der Waals surface area (Å²) in [4.78, 5) is 3.47. The minimum Gasteiger partial charge on any atom is -0.234 e. The fourth-order valence-corrected chi connectivity index (χ4v) is 1.46. The molecule has 0 saturated carbocycles. The van der Waals surface area contributed by atoms with Crippen molar-refractivity contribution >= 4 is 27.5 Å². The van der Waals surface area contributed by atoms with Crippen LogP contribution in [0.5, 0.6) is 0 Å². The van der Waals surface area contributed by atoms with Crippen molar-refractivity contribution < 1.29 is 8.78 Å². The first-order valence-electron chi connectivity index (χ1n) is 3.56. The van der Waals surface area contributed by atoms with E-state index in [-0.39, 0.29) is 11.6 Å². The van der Waals surface area contributed by atoms with Gasteiger partial charge in [0.25, 0.3) is 6.43 Å². The van der Waals surface area contributed by atoms with Crippen LogP contribution >= 0.6 is 27.5 Å². The van der Waals surface area contributed by atoms with Gasteiger partial charge in [-0.15, -0.1) is 0 Å². The molecule has 0 atom stereocenters. The molecule has 2 nitrogen and oxygen atoms in total. The second-order valence-corrected chi connectivity index (χ2v) is 3.60. The Morgan fingerprint density at radius 2 is 2.29 bits per heavy atom. The minimum absolute atomic E-state index is 0.0164. The van der Waals surface area contributed by atoms with E-state index in [1.807, 2.05) is 6.07 Å². The van der Waals surface area contributed by atoms with Crippen LogP contribution in [0.4, 0.5) is 8.78 Å². The van der Waals surface area contributed by atoms with Crippen LogP contribution in [0.2, 0.25) is 5.15 Å². The number of hydrogen-bond donors (Lipinski definition) is 0. The first-order valence-corrected chi connectivity index (χ1v) is 4.73. The zero-order valence-corrected chi connectivity index (χ0v) is 9.11. The minimum atomic E-state index is -2.68. The summed E-state index contributed by atoms with van der Waals surface area (Å²) in [6, 6.07) is 3.03. The average molecular weight is 281 g/mol. The van der Waals surface area contributed by atoms with E-state index >= 15 is 0 Å². The molecule has 0 radical (unpaired) electrons. The lowest BCUT2D eigenvalue weighted by molar-refractivity contribution is 0.146. The SMILES string of the molecule is N#CCc1cc(C(F)F)nc(Cl)c1Br. The molecule has 74 valence electrons. The van der Waals surface area contributed by atoms with Crippen LogP contribution < -0.4 is 0 Å². The molecule has 1 heterocycles. The van der Waals surface area contributed by atoms with Crippen molar-refractivity contribution in [3.05, 3.63) is 26.9 Å². The summed E-state index contributed by atoms with van der Waals surface area (Å²) >= 11 is 8.67. The number of rotatable bonds is 2. The Labute approximate surface area is 92.6 Å². The Bertz CT molecular complexity index is 390. The third-order valence-electron chi connectivity index (χ3n) is 1.51. The average Bonchev–Trinajstić information content (AvgIpc) is 2.12. The van der Waals surface area contributed by atoms with Gasteiger partial charge >= 0.3 is 0 Å². The second kappa shape index (κ2) is 4.67. The van der Waals surface area contributed by atoms with Gasteiger partial charge in [0.05, 0.1) is 17.0 Å². The quantitative estimate of drug-likeness (QED) is 0.778. The molecule has 1 rings (SSSR count). The highest BCUT2D eigenvalue weighted by molar-refractivity contribution is 9.10. The number of pyridine rings is 1. The summed E-state index contributed by atoms with van der Waals surface area (Å²) in [5, 5.41) is 8.39. The number of aromatic nitrogens is 1. The van der Waals surface area contributed by atoms with Crippen LogP contribution in [0.3, 0.4) is 0 Å². The van der Waals surface area contributed by atoms with Crippen LogP contribution in [0, 0.1) is 11.3 Å². The molecule has 6 heteroatoms. The molecule has 1 aromatic rings. The van der Waals surface area contributed by atoms with Crippen molar-refractivity contribution in [1.29, 1.82) is 5.26 Å². The van der Waals surface area contributed by atoms with Crippen molar-refractivity contribution in [2.45, 2.75) is 12.8 Å². The van der Waals surface area contributed by atoms with Crippen molar-refractivity contribution in [1.82, 2.24) is 4.98 Å². The van der Waals surface area contributed by atoms with E-state index in [1.165, 1.54) is 6.07 Å².